The number of halogens is 1. The maximum Gasteiger partial charge on any atom is 0.290 e. The van der Waals surface area contributed by atoms with Crippen molar-refractivity contribution in [2.24, 2.45) is 0 Å². The lowest BCUT2D eigenvalue weighted by molar-refractivity contribution is 0.0660. The quantitative estimate of drug-likeness (QED) is 0.745. The molecule has 3 aromatic rings. The van der Waals surface area contributed by atoms with Crippen molar-refractivity contribution in [2.45, 2.75) is 19.4 Å². The van der Waals surface area contributed by atoms with Gasteiger partial charge in [-0.15, -0.1) is 0 Å². The molecule has 4 rings (SSSR count). The lowest BCUT2D eigenvalue weighted by atomic mass is 10.0. The Bertz CT molecular complexity index is 906. The zero-order valence-corrected chi connectivity index (χ0v) is 13.2. The monoisotopic (exact) mass is 327 g/mol. The van der Waals surface area contributed by atoms with Crippen molar-refractivity contribution in [3.8, 4) is 0 Å². The number of aromatic nitrogens is 4. The van der Waals surface area contributed by atoms with Crippen LogP contribution in [0.15, 0.2) is 30.6 Å². The summed E-state index contributed by atoms with van der Waals surface area (Å²) in [4.78, 5) is 30.7. The third-order valence-electron chi connectivity index (χ3n) is 4.19. The highest BCUT2D eigenvalue weighted by Crippen LogP contribution is 2.28. The average Bonchev–Trinajstić information content (AvgIpc) is 3.01. The molecule has 3 heterocycles. The lowest BCUT2D eigenvalue weighted by Gasteiger charge is -2.33. The van der Waals surface area contributed by atoms with Crippen LogP contribution in [0.3, 0.4) is 0 Å². The minimum Gasteiger partial charge on any atom is -0.334 e. The highest BCUT2D eigenvalue weighted by molar-refractivity contribution is 6.35. The highest BCUT2D eigenvalue weighted by Gasteiger charge is 2.31. The van der Waals surface area contributed by atoms with Crippen molar-refractivity contribution in [2.75, 3.05) is 6.54 Å². The third kappa shape index (κ3) is 2.26. The van der Waals surface area contributed by atoms with E-state index in [2.05, 4.69) is 19.9 Å². The first-order valence-corrected chi connectivity index (χ1v) is 7.78. The molecule has 1 aromatic carbocycles. The van der Waals surface area contributed by atoms with E-state index in [1.54, 1.807) is 23.4 Å². The molecule has 0 fully saturated rings. The van der Waals surface area contributed by atoms with Gasteiger partial charge in [0, 0.05) is 25.4 Å². The van der Waals surface area contributed by atoms with Gasteiger partial charge in [0.05, 0.1) is 28.0 Å². The Labute approximate surface area is 137 Å². The first kappa shape index (κ1) is 14.1. The van der Waals surface area contributed by atoms with Crippen molar-refractivity contribution < 1.29 is 4.79 Å². The molecule has 1 amide bonds. The molecule has 1 N–H and O–H groups in total. The van der Waals surface area contributed by atoms with Gasteiger partial charge in [0.1, 0.15) is 5.52 Å². The number of rotatable bonds is 1. The number of imidazole rings is 1. The predicted molar refractivity (Wildman–Crippen MR) is 86.3 cm³/mol. The van der Waals surface area contributed by atoms with E-state index in [-0.39, 0.29) is 11.9 Å². The highest BCUT2D eigenvalue weighted by atomic mass is 35.5. The van der Waals surface area contributed by atoms with Crippen molar-refractivity contribution >= 4 is 28.5 Å². The lowest BCUT2D eigenvalue weighted by Crippen LogP contribution is -2.40. The van der Waals surface area contributed by atoms with Crippen LogP contribution in [0.5, 0.6) is 0 Å². The van der Waals surface area contributed by atoms with Gasteiger partial charge in [0.15, 0.2) is 5.82 Å². The fraction of sp³-hybridized carbons (Fsp3) is 0.250. The van der Waals surface area contributed by atoms with Gasteiger partial charge in [-0.05, 0) is 19.1 Å². The summed E-state index contributed by atoms with van der Waals surface area (Å²) in [5, 5.41) is 0.528. The summed E-state index contributed by atoms with van der Waals surface area (Å²) < 4.78 is 0. The molecule has 1 aliphatic heterocycles. The number of amides is 1. The van der Waals surface area contributed by atoms with E-state index >= 15 is 0 Å². The maximum atomic E-state index is 12.8. The van der Waals surface area contributed by atoms with Crippen LogP contribution in [0, 0.1) is 0 Å². The van der Waals surface area contributed by atoms with Crippen LogP contribution in [0.1, 0.15) is 35.0 Å². The number of carbonyl (C=O) groups excluding carboxylic acids is 1. The summed E-state index contributed by atoms with van der Waals surface area (Å²) in [7, 11) is 0. The molecule has 0 aliphatic carbocycles. The van der Waals surface area contributed by atoms with Gasteiger partial charge in [-0.2, -0.15) is 0 Å². The number of para-hydroxylation sites is 1. The fourth-order valence-corrected chi connectivity index (χ4v) is 3.22. The topological polar surface area (TPSA) is 74.8 Å². The van der Waals surface area contributed by atoms with Crippen molar-refractivity contribution in [1.29, 1.82) is 0 Å². The molecule has 23 heavy (non-hydrogen) atoms. The number of nitrogens with one attached hydrogen (secondary N) is 1. The number of fused-ring (bicyclic) bond motifs is 2. The zero-order chi connectivity index (χ0) is 16.0. The summed E-state index contributed by atoms with van der Waals surface area (Å²) in [5.74, 6) is 0.147. The summed E-state index contributed by atoms with van der Waals surface area (Å²) in [6, 6.07) is 5.30. The van der Waals surface area contributed by atoms with Crippen molar-refractivity contribution in [1.82, 2.24) is 24.8 Å². The molecule has 0 radical (unpaired) electrons. The average molecular weight is 328 g/mol. The number of carbonyl (C=O) groups is 1. The van der Waals surface area contributed by atoms with Gasteiger partial charge in [-0.3, -0.25) is 14.8 Å². The first-order chi connectivity index (χ1) is 11.1. The SMILES string of the molecule is CC1c2nccnc2CCN1C(=O)c1nc2c(Cl)cccc2[nH]1. The van der Waals surface area contributed by atoms with E-state index in [4.69, 9.17) is 11.6 Å². The number of hydrogen-bond donors (Lipinski definition) is 1. The van der Waals surface area contributed by atoms with Gasteiger partial charge in [-0.1, -0.05) is 17.7 Å². The van der Waals surface area contributed by atoms with E-state index in [9.17, 15) is 4.79 Å². The largest absolute Gasteiger partial charge is 0.334 e. The predicted octanol–water partition coefficient (Wildman–Crippen LogP) is 2.77. The Morgan fingerprint density at radius 1 is 1.35 bits per heavy atom. The molecule has 0 saturated carbocycles. The van der Waals surface area contributed by atoms with Gasteiger partial charge in [-0.25, -0.2) is 4.98 Å². The molecule has 6 nitrogen and oxygen atoms in total. The fourth-order valence-electron chi connectivity index (χ4n) is 3.00. The molecule has 116 valence electrons. The van der Waals surface area contributed by atoms with Crippen LogP contribution in [0.2, 0.25) is 5.02 Å². The van der Waals surface area contributed by atoms with Crippen LogP contribution < -0.4 is 0 Å². The van der Waals surface area contributed by atoms with Gasteiger partial charge >= 0.3 is 0 Å². The molecule has 7 heteroatoms. The number of benzene rings is 1. The minimum atomic E-state index is -0.152. The van der Waals surface area contributed by atoms with Crippen molar-refractivity contribution in [3.63, 3.8) is 0 Å². The van der Waals surface area contributed by atoms with Gasteiger partial charge in [0.2, 0.25) is 0 Å². The number of nitrogens with zero attached hydrogens (tertiary/aromatic N) is 4. The molecular formula is C16H14ClN5O. The maximum absolute atomic E-state index is 12.8. The standard InChI is InChI=1S/C16H14ClN5O/c1-9-13-11(18-6-7-19-13)5-8-22(9)16(23)15-20-12-4-2-3-10(17)14(12)21-15/h2-4,6-7,9H,5,8H2,1H3,(H,20,21). The van der Waals surface area contributed by atoms with Crippen LogP contribution >= 0.6 is 11.6 Å². The Morgan fingerprint density at radius 3 is 3.00 bits per heavy atom. The summed E-state index contributed by atoms with van der Waals surface area (Å²) >= 11 is 6.13. The number of H-pyrrole nitrogens is 1. The summed E-state index contributed by atoms with van der Waals surface area (Å²) in [5.41, 5.74) is 3.17. The van der Waals surface area contributed by atoms with Crippen molar-refractivity contribution in [3.05, 3.63) is 52.8 Å². The normalized spacial score (nSPS) is 17.3. The third-order valence-corrected chi connectivity index (χ3v) is 4.49. The molecule has 0 spiro atoms. The van der Waals surface area contributed by atoms with E-state index in [1.165, 1.54) is 0 Å². The Morgan fingerprint density at radius 2 is 2.17 bits per heavy atom. The summed E-state index contributed by atoms with van der Waals surface area (Å²) in [6.45, 7) is 2.55. The van der Waals surface area contributed by atoms with Gasteiger partial charge < -0.3 is 9.88 Å². The molecule has 1 atom stereocenters. The first-order valence-electron chi connectivity index (χ1n) is 7.40. The minimum absolute atomic E-state index is 0.136. The smallest absolute Gasteiger partial charge is 0.290 e. The van der Waals surface area contributed by atoms with E-state index in [0.717, 1.165) is 16.9 Å². The Hall–Kier alpha value is -2.47. The second-order valence-corrected chi connectivity index (χ2v) is 5.94. The van der Waals surface area contributed by atoms with E-state index in [0.29, 0.717) is 29.3 Å². The van der Waals surface area contributed by atoms with Gasteiger partial charge in [0.25, 0.3) is 5.91 Å². The van der Waals surface area contributed by atoms with Crippen LogP contribution in [-0.4, -0.2) is 37.3 Å². The number of hydrogen-bond acceptors (Lipinski definition) is 4. The second kappa shape index (κ2) is 5.31. The van der Waals surface area contributed by atoms with Crippen LogP contribution in [-0.2, 0) is 6.42 Å². The second-order valence-electron chi connectivity index (χ2n) is 5.53. The van der Waals surface area contributed by atoms with Crippen LogP contribution in [0.25, 0.3) is 11.0 Å². The molecule has 0 saturated heterocycles. The Kier molecular flexibility index (Phi) is 3.27. The van der Waals surface area contributed by atoms with Crippen LogP contribution in [0.4, 0.5) is 0 Å². The zero-order valence-electron chi connectivity index (χ0n) is 12.5. The van der Waals surface area contributed by atoms with E-state index in [1.807, 2.05) is 19.1 Å². The molecule has 0 bridgehead atoms. The number of aromatic amines is 1. The summed E-state index contributed by atoms with van der Waals surface area (Å²) in [6.07, 6.45) is 4.04. The molecular weight excluding hydrogens is 314 g/mol. The van der Waals surface area contributed by atoms with E-state index < -0.39 is 0 Å². The molecule has 2 aromatic heterocycles. The Balaban J connectivity index is 1.70. The molecule has 1 aliphatic rings. The molecule has 1 unspecified atom stereocenters.